The molecule has 102 valence electrons. The second kappa shape index (κ2) is 6.63. The minimum atomic E-state index is -1.04. The second-order valence-corrected chi connectivity index (χ2v) is 5.67. The number of nitrogens with zero attached hydrogens (tertiary/aromatic N) is 1. The molecule has 2 N–H and O–H groups in total. The van der Waals surface area contributed by atoms with Crippen LogP contribution in [0.1, 0.15) is 20.3 Å². The highest BCUT2D eigenvalue weighted by molar-refractivity contribution is 8.13. The van der Waals surface area contributed by atoms with Gasteiger partial charge in [-0.05, 0) is 12.3 Å². The van der Waals surface area contributed by atoms with Crippen LogP contribution in [0.2, 0.25) is 0 Å². The molecule has 0 aromatic rings. The first-order valence-corrected chi connectivity index (χ1v) is 6.82. The number of rotatable bonds is 6. The van der Waals surface area contributed by atoms with Crippen molar-refractivity contribution >= 4 is 28.9 Å². The molecule has 1 aliphatic heterocycles. The number of carbonyl (C=O) groups excluding carboxylic acids is 2. The summed E-state index contributed by atoms with van der Waals surface area (Å²) in [5.74, 6) is -0.603. The zero-order valence-corrected chi connectivity index (χ0v) is 11.3. The number of hydrogen-bond donors (Lipinski definition) is 2. The van der Waals surface area contributed by atoms with Crippen LogP contribution in [0.5, 0.6) is 0 Å². The van der Waals surface area contributed by atoms with Crippen LogP contribution in [0.25, 0.3) is 0 Å². The Labute approximate surface area is 110 Å². The van der Waals surface area contributed by atoms with E-state index in [0.717, 1.165) is 0 Å². The van der Waals surface area contributed by atoms with Crippen LogP contribution in [-0.2, 0) is 9.59 Å². The number of amides is 2. The van der Waals surface area contributed by atoms with Gasteiger partial charge in [-0.2, -0.15) is 0 Å². The fourth-order valence-corrected chi connectivity index (χ4v) is 2.50. The van der Waals surface area contributed by atoms with Crippen molar-refractivity contribution in [2.75, 3.05) is 18.8 Å². The predicted molar refractivity (Wildman–Crippen MR) is 68.4 cm³/mol. The molecule has 1 fully saturated rings. The van der Waals surface area contributed by atoms with Crippen LogP contribution in [0.3, 0.4) is 0 Å². The molecule has 0 saturated carbocycles. The van der Waals surface area contributed by atoms with Crippen LogP contribution < -0.4 is 5.32 Å². The largest absolute Gasteiger partial charge is 0.480 e. The Bertz CT molecular complexity index is 346. The molecule has 0 aromatic carbocycles. The minimum Gasteiger partial charge on any atom is -0.480 e. The lowest BCUT2D eigenvalue weighted by Crippen LogP contribution is -2.46. The molecular formula is C11H18N2O4S. The predicted octanol–water partition coefficient (Wildman–Crippen LogP) is 0.771. The van der Waals surface area contributed by atoms with Crippen LogP contribution in [0.4, 0.5) is 4.79 Å². The summed E-state index contributed by atoms with van der Waals surface area (Å²) in [6, 6.07) is -0.886. The van der Waals surface area contributed by atoms with Gasteiger partial charge in [0.05, 0.1) is 0 Å². The van der Waals surface area contributed by atoms with Gasteiger partial charge in [-0.15, -0.1) is 0 Å². The van der Waals surface area contributed by atoms with Gasteiger partial charge in [0.2, 0.25) is 5.91 Å². The third-order valence-electron chi connectivity index (χ3n) is 2.52. The van der Waals surface area contributed by atoms with Crippen LogP contribution in [-0.4, -0.2) is 52.0 Å². The molecule has 0 bridgehead atoms. The first kappa shape index (κ1) is 14.8. The maximum Gasteiger partial charge on any atom is 0.326 e. The van der Waals surface area contributed by atoms with Crippen LogP contribution in [0.15, 0.2) is 0 Å². The molecule has 1 saturated heterocycles. The third-order valence-corrected chi connectivity index (χ3v) is 3.41. The Morgan fingerprint density at radius 1 is 1.50 bits per heavy atom. The summed E-state index contributed by atoms with van der Waals surface area (Å²) in [5, 5.41) is 11.3. The molecule has 2 amide bonds. The lowest BCUT2D eigenvalue weighted by Gasteiger charge is -2.19. The van der Waals surface area contributed by atoms with Crippen molar-refractivity contribution < 1.29 is 19.5 Å². The van der Waals surface area contributed by atoms with Gasteiger partial charge in [0.15, 0.2) is 0 Å². The third kappa shape index (κ3) is 4.56. The number of carbonyl (C=O) groups is 3. The smallest absolute Gasteiger partial charge is 0.326 e. The van der Waals surface area contributed by atoms with Crippen molar-refractivity contribution in [3.8, 4) is 0 Å². The summed E-state index contributed by atoms with van der Waals surface area (Å²) < 4.78 is 0. The average Bonchev–Trinajstić information content (AvgIpc) is 2.62. The molecule has 18 heavy (non-hydrogen) atoms. The van der Waals surface area contributed by atoms with Gasteiger partial charge in [0.25, 0.3) is 5.24 Å². The normalized spacial score (nSPS) is 17.1. The summed E-state index contributed by atoms with van der Waals surface area (Å²) in [7, 11) is 0. The van der Waals surface area contributed by atoms with Gasteiger partial charge in [-0.1, -0.05) is 25.6 Å². The van der Waals surface area contributed by atoms with Crippen molar-refractivity contribution in [3.63, 3.8) is 0 Å². The molecule has 1 aliphatic rings. The van der Waals surface area contributed by atoms with Gasteiger partial charge >= 0.3 is 5.97 Å². The van der Waals surface area contributed by atoms with Crippen molar-refractivity contribution in [3.05, 3.63) is 0 Å². The van der Waals surface area contributed by atoms with E-state index in [4.69, 9.17) is 5.11 Å². The van der Waals surface area contributed by atoms with E-state index < -0.39 is 17.9 Å². The number of hydrogen-bond acceptors (Lipinski definition) is 4. The summed E-state index contributed by atoms with van der Waals surface area (Å²) >= 11 is 1.17. The van der Waals surface area contributed by atoms with Crippen molar-refractivity contribution in [2.45, 2.75) is 26.3 Å². The Hall–Kier alpha value is -1.24. The maximum atomic E-state index is 11.7. The van der Waals surface area contributed by atoms with Gasteiger partial charge in [-0.3, -0.25) is 9.59 Å². The molecule has 1 heterocycles. The second-order valence-electron chi connectivity index (χ2n) is 4.62. The first-order chi connectivity index (χ1) is 8.40. The standard InChI is InChI=1S/C11H18N2O4S/c1-7(2)5-8(10(15)16)12-9(14)6-13-3-4-18-11(13)17/h7-8H,3-6H2,1-2H3,(H,12,14)(H,15,16)/t8-/m0/s1. The van der Waals surface area contributed by atoms with Crippen molar-refractivity contribution in [1.82, 2.24) is 10.2 Å². The zero-order chi connectivity index (χ0) is 13.7. The molecule has 0 aliphatic carbocycles. The van der Waals surface area contributed by atoms with Gasteiger partial charge in [0.1, 0.15) is 12.6 Å². The fourth-order valence-electron chi connectivity index (χ4n) is 1.68. The Morgan fingerprint density at radius 2 is 2.17 bits per heavy atom. The van der Waals surface area contributed by atoms with Crippen molar-refractivity contribution in [1.29, 1.82) is 0 Å². The lowest BCUT2D eigenvalue weighted by atomic mass is 10.0. The highest BCUT2D eigenvalue weighted by Crippen LogP contribution is 2.16. The van der Waals surface area contributed by atoms with E-state index in [1.165, 1.54) is 16.7 Å². The molecule has 7 heteroatoms. The Morgan fingerprint density at radius 3 is 2.61 bits per heavy atom. The molecular weight excluding hydrogens is 256 g/mol. The lowest BCUT2D eigenvalue weighted by molar-refractivity contribution is -0.142. The number of nitrogens with one attached hydrogen (secondary N) is 1. The first-order valence-electron chi connectivity index (χ1n) is 5.84. The zero-order valence-electron chi connectivity index (χ0n) is 10.5. The topological polar surface area (TPSA) is 86.7 Å². The van der Waals surface area contributed by atoms with Crippen LogP contribution >= 0.6 is 11.8 Å². The molecule has 6 nitrogen and oxygen atoms in total. The van der Waals surface area contributed by atoms with E-state index in [2.05, 4.69) is 5.32 Å². The van der Waals surface area contributed by atoms with Gasteiger partial charge in [-0.25, -0.2) is 4.79 Å². The maximum absolute atomic E-state index is 11.7. The van der Waals surface area contributed by atoms with E-state index in [0.29, 0.717) is 18.7 Å². The van der Waals surface area contributed by atoms with Gasteiger partial charge in [0, 0.05) is 12.3 Å². The molecule has 1 rings (SSSR count). The van der Waals surface area contributed by atoms with Gasteiger partial charge < -0.3 is 15.3 Å². The molecule has 0 unspecified atom stereocenters. The molecule has 0 radical (unpaired) electrons. The molecule has 0 aromatic heterocycles. The Balaban J connectivity index is 2.45. The van der Waals surface area contributed by atoms with E-state index >= 15 is 0 Å². The molecule has 1 atom stereocenters. The van der Waals surface area contributed by atoms with E-state index in [1.807, 2.05) is 13.8 Å². The van der Waals surface area contributed by atoms with E-state index in [1.54, 1.807) is 0 Å². The monoisotopic (exact) mass is 274 g/mol. The summed E-state index contributed by atoms with van der Waals surface area (Å²) in [6.07, 6.45) is 0.379. The van der Waals surface area contributed by atoms with Crippen molar-refractivity contribution in [2.24, 2.45) is 5.92 Å². The average molecular weight is 274 g/mol. The quantitative estimate of drug-likeness (QED) is 0.747. The number of carboxylic acids is 1. The number of carboxylic acid groups (broad SMARTS) is 1. The number of aliphatic carboxylic acids is 1. The molecule has 0 spiro atoms. The summed E-state index contributed by atoms with van der Waals surface area (Å²) in [5.41, 5.74) is 0. The number of thioether (sulfide) groups is 1. The highest BCUT2D eigenvalue weighted by atomic mass is 32.2. The van der Waals surface area contributed by atoms with E-state index in [9.17, 15) is 14.4 Å². The van der Waals surface area contributed by atoms with Crippen LogP contribution in [0, 0.1) is 5.92 Å². The Kier molecular flexibility index (Phi) is 5.46. The highest BCUT2D eigenvalue weighted by Gasteiger charge is 2.26. The summed E-state index contributed by atoms with van der Waals surface area (Å²) in [6.45, 7) is 4.26. The SMILES string of the molecule is CC(C)C[C@H](NC(=O)CN1CCSC1=O)C(=O)O. The minimum absolute atomic E-state index is 0.0618. The van der Waals surface area contributed by atoms with E-state index in [-0.39, 0.29) is 17.7 Å². The summed E-state index contributed by atoms with van der Waals surface area (Å²) in [4.78, 5) is 35.4. The fraction of sp³-hybridized carbons (Fsp3) is 0.727.